The average molecular weight is 292 g/mol. The second-order valence-electron chi connectivity index (χ2n) is 5.15. The smallest absolute Gasteiger partial charge is 0.254 e. The van der Waals surface area contributed by atoms with Crippen molar-refractivity contribution in [2.24, 2.45) is 0 Å². The van der Waals surface area contributed by atoms with Gasteiger partial charge in [0, 0.05) is 19.5 Å². The summed E-state index contributed by atoms with van der Waals surface area (Å²) in [6.07, 6.45) is 0.468. The highest BCUT2D eigenvalue weighted by Crippen LogP contribution is 2.26. The van der Waals surface area contributed by atoms with Crippen LogP contribution in [0, 0.1) is 0 Å². The maximum absolute atomic E-state index is 12.2. The standard InChI is InChI=1S/C15H20N2O4/c18-15(14-9-16-6-8-20-14)17-12-3-1-2-4-13(12)21-11-5-7-19-10-11/h1-4,11,14,16H,5-10H2,(H,17,18). The zero-order valence-corrected chi connectivity index (χ0v) is 11.8. The Labute approximate surface area is 123 Å². The van der Waals surface area contributed by atoms with Crippen molar-refractivity contribution in [1.29, 1.82) is 0 Å². The minimum absolute atomic E-state index is 0.0515. The third-order valence-corrected chi connectivity index (χ3v) is 3.55. The molecule has 2 fully saturated rings. The lowest BCUT2D eigenvalue weighted by Crippen LogP contribution is -2.45. The predicted molar refractivity (Wildman–Crippen MR) is 77.5 cm³/mol. The van der Waals surface area contributed by atoms with Crippen LogP contribution >= 0.6 is 0 Å². The Morgan fingerprint density at radius 2 is 2.24 bits per heavy atom. The Kier molecular flexibility index (Phi) is 4.69. The van der Waals surface area contributed by atoms with Crippen molar-refractivity contribution in [2.75, 3.05) is 38.2 Å². The highest BCUT2D eigenvalue weighted by atomic mass is 16.5. The molecule has 2 unspecified atom stereocenters. The summed E-state index contributed by atoms with van der Waals surface area (Å²) in [5.41, 5.74) is 0.670. The molecule has 2 aliphatic heterocycles. The Hall–Kier alpha value is -1.63. The highest BCUT2D eigenvalue weighted by Gasteiger charge is 2.23. The first-order chi connectivity index (χ1) is 10.3. The number of ether oxygens (including phenoxy) is 3. The first-order valence-corrected chi connectivity index (χ1v) is 7.29. The lowest BCUT2D eigenvalue weighted by atomic mass is 10.2. The third kappa shape index (κ3) is 3.72. The van der Waals surface area contributed by atoms with E-state index in [0.29, 0.717) is 31.2 Å². The van der Waals surface area contributed by atoms with Gasteiger partial charge in [-0.15, -0.1) is 0 Å². The first kappa shape index (κ1) is 14.3. The van der Waals surface area contributed by atoms with E-state index in [2.05, 4.69) is 10.6 Å². The molecule has 0 saturated carbocycles. The largest absolute Gasteiger partial charge is 0.486 e. The van der Waals surface area contributed by atoms with E-state index in [1.54, 1.807) is 0 Å². The summed E-state index contributed by atoms with van der Waals surface area (Å²) < 4.78 is 16.7. The van der Waals surface area contributed by atoms with Gasteiger partial charge in [0.1, 0.15) is 18.0 Å². The number of carbonyl (C=O) groups is 1. The number of nitrogens with one attached hydrogen (secondary N) is 2. The van der Waals surface area contributed by atoms with Crippen molar-refractivity contribution in [3.63, 3.8) is 0 Å². The number of benzene rings is 1. The van der Waals surface area contributed by atoms with Gasteiger partial charge in [-0.2, -0.15) is 0 Å². The number of amides is 1. The maximum atomic E-state index is 12.2. The SMILES string of the molecule is O=C(Nc1ccccc1OC1CCOC1)C1CNCCO1. The summed E-state index contributed by atoms with van der Waals surface area (Å²) in [6.45, 7) is 3.19. The van der Waals surface area contributed by atoms with E-state index in [4.69, 9.17) is 14.2 Å². The number of para-hydroxylation sites is 2. The Morgan fingerprint density at radius 3 is 3.00 bits per heavy atom. The number of carbonyl (C=O) groups excluding carboxylic acids is 1. The van der Waals surface area contributed by atoms with Crippen molar-refractivity contribution in [3.05, 3.63) is 24.3 Å². The normalized spacial score (nSPS) is 25.5. The average Bonchev–Trinajstić information content (AvgIpc) is 3.03. The van der Waals surface area contributed by atoms with Gasteiger partial charge in [-0.3, -0.25) is 4.79 Å². The van der Waals surface area contributed by atoms with Crippen molar-refractivity contribution in [1.82, 2.24) is 5.32 Å². The van der Waals surface area contributed by atoms with Crippen LogP contribution in [-0.4, -0.2) is 51.0 Å². The predicted octanol–water partition coefficient (Wildman–Crippen LogP) is 0.781. The molecule has 1 amide bonds. The van der Waals surface area contributed by atoms with Gasteiger partial charge in [-0.25, -0.2) is 0 Å². The van der Waals surface area contributed by atoms with E-state index in [-0.39, 0.29) is 12.0 Å². The number of anilines is 1. The van der Waals surface area contributed by atoms with Gasteiger partial charge in [0.05, 0.1) is 25.5 Å². The fourth-order valence-electron chi connectivity index (χ4n) is 2.41. The van der Waals surface area contributed by atoms with Crippen LogP contribution in [0.5, 0.6) is 5.75 Å². The molecule has 3 rings (SSSR count). The summed E-state index contributed by atoms with van der Waals surface area (Å²) >= 11 is 0. The van der Waals surface area contributed by atoms with Crippen molar-refractivity contribution < 1.29 is 19.0 Å². The van der Waals surface area contributed by atoms with E-state index >= 15 is 0 Å². The van der Waals surface area contributed by atoms with Crippen LogP contribution < -0.4 is 15.4 Å². The van der Waals surface area contributed by atoms with E-state index in [9.17, 15) is 4.79 Å². The van der Waals surface area contributed by atoms with Crippen LogP contribution in [0.4, 0.5) is 5.69 Å². The number of morpholine rings is 1. The lowest BCUT2D eigenvalue weighted by Gasteiger charge is -2.23. The number of rotatable bonds is 4. The fourth-order valence-corrected chi connectivity index (χ4v) is 2.41. The van der Waals surface area contributed by atoms with E-state index in [1.165, 1.54) is 0 Å². The maximum Gasteiger partial charge on any atom is 0.254 e. The van der Waals surface area contributed by atoms with Gasteiger partial charge in [-0.05, 0) is 12.1 Å². The fraction of sp³-hybridized carbons (Fsp3) is 0.533. The topological polar surface area (TPSA) is 68.8 Å². The van der Waals surface area contributed by atoms with Gasteiger partial charge < -0.3 is 24.8 Å². The van der Waals surface area contributed by atoms with Crippen LogP contribution in [0.2, 0.25) is 0 Å². The summed E-state index contributed by atoms with van der Waals surface area (Å²) in [6, 6.07) is 7.44. The van der Waals surface area contributed by atoms with Crippen LogP contribution in [-0.2, 0) is 14.3 Å². The molecule has 2 atom stereocenters. The molecule has 114 valence electrons. The molecule has 0 bridgehead atoms. The van der Waals surface area contributed by atoms with E-state index in [1.807, 2.05) is 24.3 Å². The molecule has 6 nitrogen and oxygen atoms in total. The zero-order valence-electron chi connectivity index (χ0n) is 11.8. The van der Waals surface area contributed by atoms with E-state index in [0.717, 1.165) is 19.6 Å². The molecule has 1 aromatic carbocycles. The molecule has 2 N–H and O–H groups in total. The minimum Gasteiger partial charge on any atom is -0.486 e. The van der Waals surface area contributed by atoms with Crippen molar-refractivity contribution >= 4 is 11.6 Å². The highest BCUT2D eigenvalue weighted by molar-refractivity contribution is 5.95. The molecule has 0 aliphatic carbocycles. The van der Waals surface area contributed by atoms with Gasteiger partial charge >= 0.3 is 0 Å². The van der Waals surface area contributed by atoms with Gasteiger partial charge in [0.15, 0.2) is 0 Å². The zero-order chi connectivity index (χ0) is 14.5. The summed E-state index contributed by atoms with van der Waals surface area (Å²) in [4.78, 5) is 12.2. The van der Waals surface area contributed by atoms with Gasteiger partial charge in [0.25, 0.3) is 5.91 Å². The second-order valence-corrected chi connectivity index (χ2v) is 5.15. The van der Waals surface area contributed by atoms with Gasteiger partial charge in [-0.1, -0.05) is 12.1 Å². The van der Waals surface area contributed by atoms with Crippen LogP contribution in [0.15, 0.2) is 24.3 Å². The Balaban J connectivity index is 1.65. The molecule has 2 saturated heterocycles. The molecule has 0 spiro atoms. The molecule has 0 radical (unpaired) electrons. The quantitative estimate of drug-likeness (QED) is 0.858. The lowest BCUT2D eigenvalue weighted by molar-refractivity contribution is -0.128. The molecule has 6 heteroatoms. The van der Waals surface area contributed by atoms with Crippen molar-refractivity contribution in [2.45, 2.75) is 18.6 Å². The summed E-state index contributed by atoms with van der Waals surface area (Å²) in [5, 5.41) is 6.03. The number of hydrogen-bond acceptors (Lipinski definition) is 5. The second kappa shape index (κ2) is 6.89. The monoisotopic (exact) mass is 292 g/mol. The summed E-state index contributed by atoms with van der Waals surface area (Å²) in [7, 11) is 0. The van der Waals surface area contributed by atoms with Crippen LogP contribution in [0.1, 0.15) is 6.42 Å². The molecule has 21 heavy (non-hydrogen) atoms. The van der Waals surface area contributed by atoms with Crippen LogP contribution in [0.25, 0.3) is 0 Å². The summed E-state index contributed by atoms with van der Waals surface area (Å²) in [5.74, 6) is 0.519. The molecule has 0 aromatic heterocycles. The number of hydrogen-bond donors (Lipinski definition) is 2. The Bertz CT molecular complexity index is 482. The molecule has 2 heterocycles. The molecule has 1 aromatic rings. The first-order valence-electron chi connectivity index (χ1n) is 7.29. The van der Waals surface area contributed by atoms with Crippen LogP contribution in [0.3, 0.4) is 0 Å². The molecular formula is C15H20N2O4. The van der Waals surface area contributed by atoms with E-state index < -0.39 is 6.10 Å². The molecule has 2 aliphatic rings. The third-order valence-electron chi connectivity index (χ3n) is 3.55. The van der Waals surface area contributed by atoms with Gasteiger partial charge in [0.2, 0.25) is 0 Å². The Morgan fingerprint density at radius 1 is 1.33 bits per heavy atom. The van der Waals surface area contributed by atoms with Crippen molar-refractivity contribution in [3.8, 4) is 5.75 Å². The molecular weight excluding hydrogens is 272 g/mol. The minimum atomic E-state index is -0.457.